The molecule has 3 rings (SSSR count). The van der Waals surface area contributed by atoms with Gasteiger partial charge in [0.05, 0.1) is 12.9 Å². The fraction of sp³-hybridized carbons (Fsp3) is 0.417. The lowest BCUT2D eigenvalue weighted by Crippen LogP contribution is -2.43. The van der Waals surface area contributed by atoms with Gasteiger partial charge in [-0.1, -0.05) is 6.08 Å². The molecule has 9 nitrogen and oxygen atoms in total. The van der Waals surface area contributed by atoms with E-state index in [4.69, 9.17) is 10.5 Å². The Bertz CT molecular complexity index is 789. The predicted molar refractivity (Wildman–Crippen MR) is 73.6 cm³/mol. The van der Waals surface area contributed by atoms with E-state index in [1.54, 1.807) is 0 Å². The molecule has 10 heteroatoms. The van der Waals surface area contributed by atoms with E-state index in [-0.39, 0.29) is 17.1 Å². The van der Waals surface area contributed by atoms with E-state index in [0.29, 0.717) is 0 Å². The van der Waals surface area contributed by atoms with E-state index >= 15 is 0 Å². The second-order valence-electron chi connectivity index (χ2n) is 4.99. The number of nitrogens with two attached hydrogens (primary N) is 1. The topological polar surface area (TPSA) is 139 Å². The fourth-order valence-corrected chi connectivity index (χ4v) is 2.49. The van der Waals surface area contributed by atoms with Crippen molar-refractivity contribution in [2.45, 2.75) is 24.1 Å². The Morgan fingerprint density at radius 2 is 2.41 bits per heavy atom. The van der Waals surface area contributed by atoms with E-state index in [1.807, 2.05) is 0 Å². The maximum absolute atomic E-state index is 14.4. The lowest BCUT2D eigenvalue weighted by molar-refractivity contribution is -0.0960. The molecule has 22 heavy (non-hydrogen) atoms. The molecule has 0 unspecified atom stereocenters. The Morgan fingerprint density at radius 3 is 3.00 bits per heavy atom. The monoisotopic (exact) mass is 311 g/mol. The summed E-state index contributed by atoms with van der Waals surface area (Å²) in [6, 6.07) is 0. The van der Waals surface area contributed by atoms with Crippen molar-refractivity contribution in [3.8, 4) is 0 Å². The van der Waals surface area contributed by atoms with Gasteiger partial charge in [-0.05, 0) is 0 Å². The van der Waals surface area contributed by atoms with Crippen LogP contribution in [0.3, 0.4) is 0 Å². The van der Waals surface area contributed by atoms with Crippen molar-refractivity contribution < 1.29 is 19.3 Å². The van der Waals surface area contributed by atoms with Gasteiger partial charge >= 0.3 is 0 Å². The number of alkyl halides is 1. The van der Waals surface area contributed by atoms with Gasteiger partial charge in [-0.3, -0.25) is 14.3 Å². The number of imidazole rings is 1. The standard InChI is InChI=1S/C12H14FN5O4/c1-2-12(3-19)7(20)5(13)10(22-12)18-4-15-6-8(18)16-11(14)17-9(6)21/h2,4-5,7,10,19-20H,1,3H2,(H3,14,16,17,21)/t5-,7+,10+,12+/m0/s1. The summed E-state index contributed by atoms with van der Waals surface area (Å²) in [5.41, 5.74) is 3.22. The number of fused-ring (bicyclic) bond motifs is 1. The van der Waals surface area contributed by atoms with Crippen molar-refractivity contribution in [3.05, 3.63) is 29.3 Å². The molecule has 1 saturated heterocycles. The van der Waals surface area contributed by atoms with Gasteiger partial charge in [0.15, 0.2) is 23.6 Å². The molecule has 5 N–H and O–H groups in total. The number of anilines is 1. The van der Waals surface area contributed by atoms with Crippen LogP contribution in [0, 0.1) is 0 Å². The van der Waals surface area contributed by atoms with Crippen LogP contribution in [-0.4, -0.2) is 54.2 Å². The summed E-state index contributed by atoms with van der Waals surface area (Å²) in [5, 5.41) is 19.4. The number of nitrogens with zero attached hydrogens (tertiary/aromatic N) is 3. The lowest BCUT2D eigenvalue weighted by atomic mass is 9.97. The summed E-state index contributed by atoms with van der Waals surface area (Å²) in [6.45, 7) is 2.79. The SMILES string of the molecule is C=C[C@]1(CO)O[C@@H](n2cnc3c(=O)[nH]c(N)nc32)[C@@H](F)[C@H]1O. The molecule has 0 radical (unpaired) electrons. The number of nitrogen functional groups attached to an aromatic ring is 1. The molecule has 3 heterocycles. The Kier molecular flexibility index (Phi) is 3.24. The molecule has 0 bridgehead atoms. The molecule has 2 aromatic rings. The molecule has 0 amide bonds. The Hall–Kier alpha value is -2.30. The molecule has 0 saturated carbocycles. The molecule has 118 valence electrons. The van der Waals surface area contributed by atoms with E-state index in [9.17, 15) is 19.4 Å². The molecule has 1 aliphatic rings. The van der Waals surface area contributed by atoms with Gasteiger partial charge in [-0.15, -0.1) is 6.58 Å². The second-order valence-corrected chi connectivity index (χ2v) is 4.99. The number of aliphatic hydroxyl groups excluding tert-OH is 2. The molecule has 0 spiro atoms. The number of aromatic amines is 1. The number of rotatable bonds is 3. The first-order chi connectivity index (χ1) is 10.4. The van der Waals surface area contributed by atoms with Crippen LogP contribution < -0.4 is 11.3 Å². The minimum atomic E-state index is -1.88. The average molecular weight is 311 g/mol. The van der Waals surface area contributed by atoms with Crippen LogP contribution in [0.2, 0.25) is 0 Å². The number of H-pyrrole nitrogens is 1. The van der Waals surface area contributed by atoms with Crippen LogP contribution in [0.25, 0.3) is 11.2 Å². The first kappa shape index (κ1) is 14.6. The summed E-state index contributed by atoms with van der Waals surface area (Å²) in [4.78, 5) is 21.7. The molecule has 4 atom stereocenters. The third-order valence-corrected chi connectivity index (χ3v) is 3.73. The van der Waals surface area contributed by atoms with Crippen LogP contribution in [0.1, 0.15) is 6.23 Å². The molecule has 1 aliphatic heterocycles. The maximum atomic E-state index is 14.4. The zero-order valence-corrected chi connectivity index (χ0v) is 11.3. The maximum Gasteiger partial charge on any atom is 0.280 e. The van der Waals surface area contributed by atoms with Gasteiger partial charge in [-0.25, -0.2) is 9.37 Å². The highest BCUT2D eigenvalue weighted by Crippen LogP contribution is 2.40. The first-order valence-electron chi connectivity index (χ1n) is 6.40. The smallest absolute Gasteiger partial charge is 0.280 e. The van der Waals surface area contributed by atoms with Crippen molar-refractivity contribution in [1.82, 2.24) is 19.5 Å². The van der Waals surface area contributed by atoms with E-state index in [0.717, 1.165) is 17.0 Å². The van der Waals surface area contributed by atoms with Crippen LogP contribution in [0.5, 0.6) is 0 Å². The van der Waals surface area contributed by atoms with Crippen molar-refractivity contribution in [2.24, 2.45) is 0 Å². The zero-order chi connectivity index (χ0) is 16.1. The van der Waals surface area contributed by atoms with Crippen LogP contribution in [-0.2, 0) is 4.74 Å². The summed E-state index contributed by atoms with van der Waals surface area (Å²) in [7, 11) is 0. The predicted octanol–water partition coefficient (Wildman–Crippen LogP) is -1.15. The number of halogens is 1. The van der Waals surface area contributed by atoms with Crippen molar-refractivity contribution in [3.63, 3.8) is 0 Å². The van der Waals surface area contributed by atoms with Gasteiger partial charge in [0.25, 0.3) is 5.56 Å². The van der Waals surface area contributed by atoms with Crippen LogP contribution >= 0.6 is 0 Å². The quantitative estimate of drug-likeness (QED) is 0.525. The average Bonchev–Trinajstić information content (AvgIpc) is 3.01. The van der Waals surface area contributed by atoms with E-state index in [2.05, 4.69) is 21.5 Å². The highest BCUT2D eigenvalue weighted by molar-refractivity contribution is 5.70. The molecule has 0 aliphatic carbocycles. The van der Waals surface area contributed by atoms with E-state index < -0.39 is 36.3 Å². The fourth-order valence-electron chi connectivity index (χ4n) is 2.49. The zero-order valence-electron chi connectivity index (χ0n) is 11.3. The second kappa shape index (κ2) is 4.87. The third-order valence-electron chi connectivity index (χ3n) is 3.73. The number of hydrogen-bond donors (Lipinski definition) is 4. The number of aliphatic hydroxyl groups is 2. The molecule has 2 aromatic heterocycles. The van der Waals surface area contributed by atoms with Gasteiger partial charge in [0.1, 0.15) is 11.7 Å². The van der Waals surface area contributed by atoms with Crippen LogP contribution in [0.15, 0.2) is 23.8 Å². The van der Waals surface area contributed by atoms with Crippen molar-refractivity contribution >= 4 is 17.1 Å². The Balaban J connectivity index is 2.13. The Labute approximate surface area is 122 Å². The van der Waals surface area contributed by atoms with Crippen molar-refractivity contribution in [2.75, 3.05) is 12.3 Å². The van der Waals surface area contributed by atoms with Crippen molar-refractivity contribution in [1.29, 1.82) is 0 Å². The lowest BCUT2D eigenvalue weighted by Gasteiger charge is -2.25. The highest BCUT2D eigenvalue weighted by Gasteiger charge is 2.54. The normalized spacial score (nSPS) is 31.7. The molecular formula is C12H14FN5O4. The van der Waals surface area contributed by atoms with Gasteiger partial charge in [0, 0.05) is 0 Å². The largest absolute Gasteiger partial charge is 0.393 e. The summed E-state index contributed by atoms with van der Waals surface area (Å²) in [5.74, 6) is -0.162. The summed E-state index contributed by atoms with van der Waals surface area (Å²) in [6.07, 6.45) is -2.55. The highest BCUT2D eigenvalue weighted by atomic mass is 19.1. The third kappa shape index (κ3) is 1.85. The number of nitrogens with one attached hydrogen (secondary N) is 1. The minimum Gasteiger partial charge on any atom is -0.393 e. The van der Waals surface area contributed by atoms with E-state index in [1.165, 1.54) is 0 Å². The number of ether oxygens (including phenoxy) is 1. The molecular weight excluding hydrogens is 297 g/mol. The number of aromatic nitrogens is 4. The van der Waals surface area contributed by atoms with Gasteiger partial charge in [0.2, 0.25) is 5.95 Å². The van der Waals surface area contributed by atoms with Gasteiger partial charge in [-0.2, -0.15) is 4.98 Å². The minimum absolute atomic E-state index is 0.0129. The Morgan fingerprint density at radius 1 is 1.68 bits per heavy atom. The van der Waals surface area contributed by atoms with Gasteiger partial charge < -0.3 is 20.7 Å². The first-order valence-corrected chi connectivity index (χ1v) is 6.40. The molecule has 1 fully saturated rings. The molecule has 0 aromatic carbocycles. The number of hydrogen-bond acceptors (Lipinski definition) is 7. The summed E-state index contributed by atoms with van der Waals surface area (Å²) < 4.78 is 21.0. The van der Waals surface area contributed by atoms with Crippen LogP contribution in [0.4, 0.5) is 10.3 Å². The summed E-state index contributed by atoms with van der Waals surface area (Å²) >= 11 is 0.